The van der Waals surface area contributed by atoms with Crippen molar-refractivity contribution in [3.63, 3.8) is 0 Å². The summed E-state index contributed by atoms with van der Waals surface area (Å²) in [5, 5.41) is 4.21. The van der Waals surface area contributed by atoms with Crippen LogP contribution in [-0.2, 0) is 23.0 Å². The quantitative estimate of drug-likeness (QED) is 0.817. The molecule has 0 radical (unpaired) electrons. The first-order valence-corrected chi connectivity index (χ1v) is 7.50. The van der Waals surface area contributed by atoms with Crippen molar-refractivity contribution in [1.29, 1.82) is 0 Å². The minimum atomic E-state index is 0.149. The molecule has 0 spiro atoms. The molecule has 1 amide bonds. The fourth-order valence-corrected chi connectivity index (χ4v) is 3.02. The van der Waals surface area contributed by atoms with Crippen LogP contribution in [0.4, 0.5) is 0 Å². The van der Waals surface area contributed by atoms with E-state index < -0.39 is 0 Å². The minimum absolute atomic E-state index is 0.149. The number of rotatable bonds is 5. The Morgan fingerprint density at radius 1 is 1.45 bits per heavy atom. The Morgan fingerprint density at radius 2 is 2.25 bits per heavy atom. The fourth-order valence-electron chi connectivity index (χ4n) is 3.02. The van der Waals surface area contributed by atoms with Crippen molar-refractivity contribution in [2.45, 2.75) is 44.8 Å². The fraction of sp³-hybridized carbons (Fsp3) is 0.733. The van der Waals surface area contributed by atoms with Gasteiger partial charge in [-0.15, -0.1) is 0 Å². The van der Waals surface area contributed by atoms with Crippen LogP contribution in [0.1, 0.15) is 31.7 Å². The standard InChI is InChI=1S/C15H23N3O2/c1-11(19)18-6-5-15(20-10-12-3-4-12)14(18)7-13-8-16-17(2)9-13/h8-9,12,14-15H,3-7,10H2,1-2H3/t14-,15+/m0/s1. The maximum atomic E-state index is 11.8. The zero-order valence-corrected chi connectivity index (χ0v) is 12.3. The number of aromatic nitrogens is 2. The van der Waals surface area contributed by atoms with Crippen LogP contribution >= 0.6 is 0 Å². The van der Waals surface area contributed by atoms with Gasteiger partial charge in [-0.1, -0.05) is 0 Å². The van der Waals surface area contributed by atoms with E-state index in [-0.39, 0.29) is 18.1 Å². The second-order valence-corrected chi connectivity index (χ2v) is 6.11. The Morgan fingerprint density at radius 3 is 2.85 bits per heavy atom. The molecule has 1 aliphatic carbocycles. The normalized spacial score (nSPS) is 26.2. The molecular formula is C15H23N3O2. The van der Waals surface area contributed by atoms with Gasteiger partial charge in [-0.05, 0) is 37.2 Å². The molecule has 1 aromatic rings. The summed E-state index contributed by atoms with van der Waals surface area (Å²) >= 11 is 0. The lowest BCUT2D eigenvalue weighted by molar-refractivity contribution is -0.130. The predicted molar refractivity (Wildman–Crippen MR) is 75.2 cm³/mol. The van der Waals surface area contributed by atoms with Crippen LogP contribution in [0, 0.1) is 5.92 Å². The Kier molecular flexibility index (Phi) is 3.78. The van der Waals surface area contributed by atoms with Crippen LogP contribution in [0.3, 0.4) is 0 Å². The van der Waals surface area contributed by atoms with Gasteiger partial charge in [0.2, 0.25) is 5.91 Å². The first kappa shape index (κ1) is 13.6. The van der Waals surface area contributed by atoms with Crippen LogP contribution in [-0.4, -0.2) is 45.9 Å². The molecule has 1 saturated heterocycles. The minimum Gasteiger partial charge on any atom is -0.376 e. The summed E-state index contributed by atoms with van der Waals surface area (Å²) in [5.41, 5.74) is 1.17. The van der Waals surface area contributed by atoms with E-state index in [9.17, 15) is 4.79 Å². The highest BCUT2D eigenvalue weighted by atomic mass is 16.5. The maximum absolute atomic E-state index is 11.8. The smallest absolute Gasteiger partial charge is 0.219 e. The van der Waals surface area contributed by atoms with Crippen molar-refractivity contribution < 1.29 is 9.53 Å². The summed E-state index contributed by atoms with van der Waals surface area (Å²) in [6.45, 7) is 3.33. The summed E-state index contributed by atoms with van der Waals surface area (Å²) in [4.78, 5) is 13.8. The van der Waals surface area contributed by atoms with Crippen molar-refractivity contribution in [2.75, 3.05) is 13.2 Å². The number of carbonyl (C=O) groups excluding carboxylic acids is 1. The van der Waals surface area contributed by atoms with E-state index in [1.165, 1.54) is 18.4 Å². The van der Waals surface area contributed by atoms with Gasteiger partial charge in [0.05, 0.1) is 18.3 Å². The lowest BCUT2D eigenvalue weighted by Gasteiger charge is -2.27. The van der Waals surface area contributed by atoms with Crippen LogP contribution in [0.2, 0.25) is 0 Å². The van der Waals surface area contributed by atoms with Crippen molar-refractivity contribution in [2.24, 2.45) is 13.0 Å². The number of hydrogen-bond donors (Lipinski definition) is 0. The van der Waals surface area contributed by atoms with Gasteiger partial charge < -0.3 is 9.64 Å². The first-order chi connectivity index (χ1) is 9.63. The van der Waals surface area contributed by atoms with E-state index in [1.54, 1.807) is 6.92 Å². The van der Waals surface area contributed by atoms with Gasteiger partial charge in [-0.3, -0.25) is 9.48 Å². The average Bonchev–Trinajstić information content (AvgIpc) is 3.01. The van der Waals surface area contributed by atoms with E-state index in [4.69, 9.17) is 4.74 Å². The van der Waals surface area contributed by atoms with Gasteiger partial charge in [0.1, 0.15) is 0 Å². The van der Waals surface area contributed by atoms with Gasteiger partial charge in [0.15, 0.2) is 0 Å². The third-order valence-corrected chi connectivity index (χ3v) is 4.33. The maximum Gasteiger partial charge on any atom is 0.219 e. The van der Waals surface area contributed by atoms with Gasteiger partial charge in [-0.2, -0.15) is 5.10 Å². The molecule has 2 aliphatic rings. The monoisotopic (exact) mass is 277 g/mol. The zero-order valence-electron chi connectivity index (χ0n) is 12.3. The number of ether oxygens (including phenoxy) is 1. The molecule has 1 aromatic heterocycles. The number of aryl methyl sites for hydroxylation is 1. The molecule has 5 heteroatoms. The molecule has 1 aliphatic heterocycles. The summed E-state index contributed by atoms with van der Waals surface area (Å²) in [7, 11) is 1.92. The molecule has 2 fully saturated rings. The summed E-state index contributed by atoms with van der Waals surface area (Å²) < 4.78 is 7.89. The Bertz CT molecular complexity index is 481. The molecule has 20 heavy (non-hydrogen) atoms. The number of nitrogens with zero attached hydrogens (tertiary/aromatic N) is 3. The Balaban J connectivity index is 1.67. The number of likely N-dealkylation sites (tertiary alicyclic amines) is 1. The molecule has 2 heterocycles. The van der Waals surface area contributed by atoms with E-state index in [0.29, 0.717) is 0 Å². The highest BCUT2D eigenvalue weighted by molar-refractivity contribution is 5.74. The molecule has 1 saturated carbocycles. The number of carbonyl (C=O) groups is 1. The lowest BCUT2D eigenvalue weighted by Crippen LogP contribution is -2.41. The molecule has 2 atom stereocenters. The molecule has 110 valence electrons. The van der Waals surface area contributed by atoms with Crippen LogP contribution in [0.5, 0.6) is 0 Å². The van der Waals surface area contributed by atoms with Crippen molar-refractivity contribution in [1.82, 2.24) is 14.7 Å². The third-order valence-electron chi connectivity index (χ3n) is 4.33. The molecule has 0 N–H and O–H groups in total. The second kappa shape index (κ2) is 5.56. The van der Waals surface area contributed by atoms with Crippen molar-refractivity contribution in [3.8, 4) is 0 Å². The highest BCUT2D eigenvalue weighted by Gasteiger charge is 2.37. The molecule has 5 nitrogen and oxygen atoms in total. The first-order valence-electron chi connectivity index (χ1n) is 7.50. The predicted octanol–water partition coefficient (Wildman–Crippen LogP) is 1.38. The van der Waals surface area contributed by atoms with E-state index in [1.807, 2.05) is 29.0 Å². The van der Waals surface area contributed by atoms with Gasteiger partial charge in [0.25, 0.3) is 0 Å². The molecule has 0 aromatic carbocycles. The van der Waals surface area contributed by atoms with Crippen LogP contribution < -0.4 is 0 Å². The van der Waals surface area contributed by atoms with E-state index in [2.05, 4.69) is 5.10 Å². The average molecular weight is 277 g/mol. The van der Waals surface area contributed by atoms with Crippen molar-refractivity contribution in [3.05, 3.63) is 18.0 Å². The van der Waals surface area contributed by atoms with Crippen LogP contribution in [0.15, 0.2) is 12.4 Å². The second-order valence-electron chi connectivity index (χ2n) is 6.11. The van der Waals surface area contributed by atoms with E-state index >= 15 is 0 Å². The van der Waals surface area contributed by atoms with Crippen molar-refractivity contribution >= 4 is 5.91 Å². The topological polar surface area (TPSA) is 47.4 Å². The molecule has 0 bridgehead atoms. The SMILES string of the molecule is CC(=O)N1CC[C@@H](OCC2CC2)[C@@H]1Cc1cnn(C)c1. The Hall–Kier alpha value is -1.36. The summed E-state index contributed by atoms with van der Waals surface area (Å²) in [5.74, 6) is 0.914. The summed E-state index contributed by atoms with van der Waals surface area (Å²) in [6.07, 6.45) is 8.48. The number of hydrogen-bond acceptors (Lipinski definition) is 3. The molecule has 0 unspecified atom stereocenters. The highest BCUT2D eigenvalue weighted by Crippen LogP contribution is 2.31. The largest absolute Gasteiger partial charge is 0.376 e. The van der Waals surface area contributed by atoms with Gasteiger partial charge in [-0.25, -0.2) is 0 Å². The van der Waals surface area contributed by atoms with E-state index in [0.717, 1.165) is 31.9 Å². The molecule has 3 rings (SSSR count). The van der Waals surface area contributed by atoms with Crippen LogP contribution in [0.25, 0.3) is 0 Å². The molecular weight excluding hydrogens is 254 g/mol. The Labute approximate surface area is 119 Å². The lowest BCUT2D eigenvalue weighted by atomic mass is 10.0. The number of amides is 1. The zero-order chi connectivity index (χ0) is 14.1. The van der Waals surface area contributed by atoms with Gasteiger partial charge >= 0.3 is 0 Å². The third kappa shape index (κ3) is 3.03. The summed E-state index contributed by atoms with van der Waals surface area (Å²) in [6, 6.07) is 0.162. The van der Waals surface area contributed by atoms with Gasteiger partial charge in [0, 0.05) is 33.3 Å².